The number of hydrogen-bond donors (Lipinski definition) is 2. The van der Waals surface area contributed by atoms with Crippen LogP contribution in [0.3, 0.4) is 0 Å². The Morgan fingerprint density at radius 2 is 1.77 bits per heavy atom. The fraction of sp³-hybridized carbons (Fsp3) is 0.348. The van der Waals surface area contributed by atoms with Crippen molar-refractivity contribution < 1.29 is 23.9 Å². The molecule has 0 aliphatic carbocycles. The number of ether oxygens (including phenoxy) is 2. The molecule has 2 N–H and O–H groups in total. The lowest BCUT2D eigenvalue weighted by atomic mass is 9.90. The third-order valence-electron chi connectivity index (χ3n) is 5.56. The maximum absolute atomic E-state index is 13.1. The number of carbonyl (C=O) groups excluding carboxylic acids is 3. The quantitative estimate of drug-likeness (QED) is 0.721. The molecule has 0 saturated carbocycles. The van der Waals surface area contributed by atoms with Crippen molar-refractivity contribution in [2.45, 2.75) is 32.2 Å². The molecule has 0 spiro atoms. The van der Waals surface area contributed by atoms with E-state index in [1.54, 1.807) is 25.1 Å². The minimum atomic E-state index is -1.22. The van der Waals surface area contributed by atoms with Gasteiger partial charge >= 0.3 is 6.03 Å². The molecule has 2 aliphatic rings. The molecule has 0 unspecified atom stereocenters. The molecule has 1 saturated heterocycles. The maximum Gasteiger partial charge on any atom is 0.325 e. The lowest BCUT2D eigenvalue weighted by Crippen LogP contribution is -2.42. The minimum Gasteiger partial charge on any atom is -0.486 e. The van der Waals surface area contributed by atoms with Crippen molar-refractivity contribution in [2.24, 2.45) is 0 Å². The molecule has 0 bridgehead atoms. The highest BCUT2D eigenvalue weighted by molar-refractivity contribution is 6.10. The molecule has 0 aromatic heterocycles. The topological polar surface area (TPSA) is 97.0 Å². The molecule has 0 radical (unpaired) electrons. The van der Waals surface area contributed by atoms with Crippen LogP contribution in [0.4, 0.5) is 10.5 Å². The molecular weight excluding hydrogens is 398 g/mol. The number of rotatable bonds is 5. The van der Waals surface area contributed by atoms with E-state index in [2.05, 4.69) is 24.5 Å². The number of anilines is 1. The summed E-state index contributed by atoms with van der Waals surface area (Å²) < 4.78 is 11.0. The smallest absolute Gasteiger partial charge is 0.325 e. The van der Waals surface area contributed by atoms with Crippen molar-refractivity contribution in [3.63, 3.8) is 0 Å². The van der Waals surface area contributed by atoms with Crippen LogP contribution in [0.2, 0.25) is 0 Å². The fourth-order valence-electron chi connectivity index (χ4n) is 3.70. The van der Waals surface area contributed by atoms with E-state index in [1.807, 2.05) is 24.3 Å². The fourth-order valence-corrected chi connectivity index (χ4v) is 3.70. The predicted molar refractivity (Wildman–Crippen MR) is 114 cm³/mol. The van der Waals surface area contributed by atoms with Gasteiger partial charge in [-0.2, -0.15) is 0 Å². The Labute approximate surface area is 180 Å². The summed E-state index contributed by atoms with van der Waals surface area (Å²) in [5.41, 5.74) is 1.09. The molecule has 8 heteroatoms. The van der Waals surface area contributed by atoms with Crippen molar-refractivity contribution >= 4 is 23.5 Å². The molecule has 8 nitrogen and oxygen atoms in total. The van der Waals surface area contributed by atoms with Crippen molar-refractivity contribution in [1.29, 1.82) is 0 Å². The Balaban J connectivity index is 1.45. The molecule has 31 heavy (non-hydrogen) atoms. The van der Waals surface area contributed by atoms with Crippen LogP contribution in [0.1, 0.15) is 37.8 Å². The zero-order valence-corrected chi connectivity index (χ0v) is 17.7. The second-order valence-corrected chi connectivity index (χ2v) is 8.13. The number of nitrogens with zero attached hydrogens (tertiary/aromatic N) is 1. The van der Waals surface area contributed by atoms with Crippen LogP contribution >= 0.6 is 0 Å². The van der Waals surface area contributed by atoms with Gasteiger partial charge in [0, 0.05) is 11.8 Å². The Morgan fingerprint density at radius 1 is 1.10 bits per heavy atom. The number of benzene rings is 2. The standard InChI is InChI=1S/C23H25N3O5/c1-14(2)15-4-6-16(7-5-15)23(3)21(28)26(22(29)25-23)13-20(27)24-17-8-9-18-19(12-17)31-11-10-30-18/h4-9,12,14H,10-11,13H2,1-3H3,(H,24,27)(H,25,29)/t23-/m0/s1. The van der Waals surface area contributed by atoms with Crippen molar-refractivity contribution in [3.8, 4) is 11.5 Å². The van der Waals surface area contributed by atoms with E-state index in [1.165, 1.54) is 0 Å². The van der Waals surface area contributed by atoms with Gasteiger partial charge in [-0.3, -0.25) is 14.5 Å². The highest BCUT2D eigenvalue weighted by Gasteiger charge is 2.49. The van der Waals surface area contributed by atoms with E-state index >= 15 is 0 Å². The van der Waals surface area contributed by atoms with E-state index in [9.17, 15) is 14.4 Å². The van der Waals surface area contributed by atoms with Gasteiger partial charge in [0.25, 0.3) is 5.91 Å². The van der Waals surface area contributed by atoms with E-state index in [0.717, 1.165) is 10.5 Å². The van der Waals surface area contributed by atoms with Crippen LogP contribution in [0, 0.1) is 0 Å². The van der Waals surface area contributed by atoms with Crippen LogP contribution < -0.4 is 20.1 Å². The van der Waals surface area contributed by atoms with Gasteiger partial charge in [-0.25, -0.2) is 4.79 Å². The summed E-state index contributed by atoms with van der Waals surface area (Å²) in [4.78, 5) is 39.0. The zero-order valence-electron chi connectivity index (χ0n) is 17.7. The first kappa shape index (κ1) is 20.7. The van der Waals surface area contributed by atoms with Crippen LogP contribution in [-0.4, -0.2) is 42.5 Å². The average Bonchev–Trinajstić information content (AvgIpc) is 2.97. The minimum absolute atomic E-state index is 0.358. The first-order valence-electron chi connectivity index (χ1n) is 10.2. The average molecular weight is 423 g/mol. The van der Waals surface area contributed by atoms with Crippen molar-refractivity contribution in [2.75, 3.05) is 25.1 Å². The first-order valence-corrected chi connectivity index (χ1v) is 10.2. The van der Waals surface area contributed by atoms with Crippen molar-refractivity contribution in [1.82, 2.24) is 10.2 Å². The predicted octanol–water partition coefficient (Wildman–Crippen LogP) is 2.99. The summed E-state index contributed by atoms with van der Waals surface area (Å²) in [5, 5.41) is 5.42. The third kappa shape index (κ3) is 3.93. The molecule has 4 amide bonds. The number of carbonyl (C=O) groups is 3. The number of hydrogen-bond acceptors (Lipinski definition) is 5. The van der Waals surface area contributed by atoms with Gasteiger partial charge in [-0.05, 0) is 36.1 Å². The van der Waals surface area contributed by atoms with Crippen LogP contribution in [-0.2, 0) is 15.1 Å². The summed E-state index contributed by atoms with van der Waals surface area (Å²) >= 11 is 0. The molecular formula is C23H25N3O5. The first-order chi connectivity index (χ1) is 14.8. The summed E-state index contributed by atoms with van der Waals surface area (Å²) in [6.45, 7) is 6.34. The molecule has 1 fully saturated rings. The van der Waals surface area contributed by atoms with Gasteiger partial charge in [-0.1, -0.05) is 38.1 Å². The van der Waals surface area contributed by atoms with E-state index in [0.29, 0.717) is 41.9 Å². The number of imide groups is 1. The number of fused-ring (bicyclic) bond motifs is 1. The molecule has 4 rings (SSSR count). The largest absolute Gasteiger partial charge is 0.486 e. The SMILES string of the molecule is CC(C)c1ccc([C@]2(C)NC(=O)N(CC(=O)Nc3ccc4c(c3)OCCO4)C2=O)cc1. The van der Waals surface area contributed by atoms with Crippen LogP contribution in [0.5, 0.6) is 11.5 Å². The lowest BCUT2D eigenvalue weighted by molar-refractivity contribution is -0.133. The second kappa shape index (κ2) is 7.94. The van der Waals surface area contributed by atoms with Gasteiger partial charge in [-0.15, -0.1) is 0 Å². The van der Waals surface area contributed by atoms with Crippen molar-refractivity contribution in [3.05, 3.63) is 53.6 Å². The highest BCUT2D eigenvalue weighted by atomic mass is 16.6. The molecule has 2 aromatic carbocycles. The van der Waals surface area contributed by atoms with Gasteiger partial charge in [0.1, 0.15) is 25.3 Å². The Kier molecular flexibility index (Phi) is 5.31. The maximum atomic E-state index is 13.1. The molecule has 2 heterocycles. The molecule has 2 aromatic rings. The second-order valence-electron chi connectivity index (χ2n) is 8.13. The van der Waals surface area contributed by atoms with E-state index in [4.69, 9.17) is 9.47 Å². The summed E-state index contributed by atoms with van der Waals surface area (Å²) in [6, 6.07) is 12.0. The summed E-state index contributed by atoms with van der Waals surface area (Å²) in [5.74, 6) is 0.553. The van der Waals surface area contributed by atoms with Gasteiger partial charge in [0.05, 0.1) is 0 Å². The van der Waals surface area contributed by atoms with Gasteiger partial charge in [0.2, 0.25) is 5.91 Å². The highest BCUT2D eigenvalue weighted by Crippen LogP contribution is 2.33. The Hall–Kier alpha value is -3.55. The third-order valence-corrected chi connectivity index (χ3v) is 5.56. The molecule has 162 valence electrons. The Bertz CT molecular complexity index is 1030. The number of amides is 4. The monoisotopic (exact) mass is 423 g/mol. The van der Waals surface area contributed by atoms with E-state index in [-0.39, 0.29) is 0 Å². The summed E-state index contributed by atoms with van der Waals surface area (Å²) in [7, 11) is 0. The number of urea groups is 1. The zero-order chi connectivity index (χ0) is 22.2. The number of nitrogens with one attached hydrogen (secondary N) is 2. The van der Waals surface area contributed by atoms with Crippen LogP contribution in [0.25, 0.3) is 0 Å². The van der Waals surface area contributed by atoms with Gasteiger partial charge < -0.3 is 20.1 Å². The normalized spacial score (nSPS) is 20.1. The molecule has 1 atom stereocenters. The van der Waals surface area contributed by atoms with E-state index < -0.39 is 29.9 Å². The van der Waals surface area contributed by atoms with Crippen LogP contribution in [0.15, 0.2) is 42.5 Å². The Morgan fingerprint density at radius 3 is 2.45 bits per heavy atom. The van der Waals surface area contributed by atoms with Gasteiger partial charge in [0.15, 0.2) is 11.5 Å². The molecule has 2 aliphatic heterocycles. The lowest BCUT2D eigenvalue weighted by Gasteiger charge is -2.23. The summed E-state index contributed by atoms with van der Waals surface area (Å²) in [6.07, 6.45) is 0.